The number of aromatic amines is 2. The number of nitrogens with zero attached hydrogens (tertiary/aromatic N) is 2. The molecule has 1 aliphatic rings. The topological polar surface area (TPSA) is 85.0 Å². The number of pyridine rings is 1. The number of nitrogens with one attached hydrogen (secondary N) is 2. The molecule has 3 heterocycles. The van der Waals surface area contributed by atoms with Crippen molar-refractivity contribution in [3.05, 3.63) is 62.7 Å². The number of benzene rings is 1. The average molecular weight is 366 g/mol. The number of aliphatic hydroxyl groups is 1. The molecule has 1 aliphatic heterocycles. The van der Waals surface area contributed by atoms with Crippen LogP contribution in [0.4, 0.5) is 0 Å². The van der Waals surface area contributed by atoms with Crippen molar-refractivity contribution < 1.29 is 5.11 Å². The van der Waals surface area contributed by atoms with Crippen LogP contribution in [0.15, 0.2) is 29.1 Å². The van der Waals surface area contributed by atoms with Crippen LogP contribution in [0.2, 0.25) is 0 Å². The SMILES string of the molecule is Cc1cc(C[C@@H]2CN(Cc3cc(=O)c4c(C)ccc(C)c4[nH]3)C[C@H]2O)n[nH]1. The minimum absolute atomic E-state index is 0.0586. The first-order chi connectivity index (χ1) is 12.9. The molecule has 0 radical (unpaired) electrons. The van der Waals surface area contributed by atoms with Gasteiger partial charge in [0.2, 0.25) is 0 Å². The molecule has 1 fully saturated rings. The Morgan fingerprint density at radius 2 is 1.96 bits per heavy atom. The highest BCUT2D eigenvalue weighted by atomic mass is 16.3. The quantitative estimate of drug-likeness (QED) is 0.661. The summed E-state index contributed by atoms with van der Waals surface area (Å²) >= 11 is 0. The van der Waals surface area contributed by atoms with Crippen molar-refractivity contribution in [3.8, 4) is 0 Å². The Hall–Kier alpha value is -2.44. The number of aromatic nitrogens is 3. The van der Waals surface area contributed by atoms with E-state index in [1.165, 1.54) is 0 Å². The number of aliphatic hydroxyl groups excluding tert-OH is 1. The minimum Gasteiger partial charge on any atom is -0.391 e. The van der Waals surface area contributed by atoms with Gasteiger partial charge in [0.05, 0.1) is 17.3 Å². The standard InChI is InChI=1S/C21H26N4O2/c1-12-4-5-13(2)21-20(12)18(26)8-17(22-21)10-25-9-15(19(27)11-25)7-16-6-14(3)23-24-16/h4-6,8,15,19,27H,7,9-11H2,1-3H3,(H,22,26)(H,23,24)/t15-,19-/m1/s1. The van der Waals surface area contributed by atoms with Gasteiger partial charge in [-0.15, -0.1) is 0 Å². The highest BCUT2D eigenvalue weighted by Gasteiger charge is 2.32. The molecule has 3 N–H and O–H groups in total. The van der Waals surface area contributed by atoms with Crippen molar-refractivity contribution in [2.24, 2.45) is 5.92 Å². The van der Waals surface area contributed by atoms with E-state index in [2.05, 4.69) is 20.1 Å². The van der Waals surface area contributed by atoms with Crippen LogP contribution >= 0.6 is 0 Å². The Labute approximate surface area is 158 Å². The Kier molecular flexibility index (Phi) is 4.61. The molecule has 0 saturated carbocycles. The van der Waals surface area contributed by atoms with Crippen molar-refractivity contribution >= 4 is 10.9 Å². The molecule has 2 aromatic heterocycles. The van der Waals surface area contributed by atoms with Crippen LogP contribution in [0.25, 0.3) is 10.9 Å². The first-order valence-electron chi connectivity index (χ1n) is 9.44. The summed E-state index contributed by atoms with van der Waals surface area (Å²) < 4.78 is 0. The van der Waals surface area contributed by atoms with Crippen LogP contribution in [-0.4, -0.2) is 44.4 Å². The summed E-state index contributed by atoms with van der Waals surface area (Å²) in [6, 6.07) is 7.76. The number of β-amino-alcohol motifs (C(OH)–C–C–N with tert-alkyl or cyclic N) is 1. The molecule has 6 heteroatoms. The molecular weight excluding hydrogens is 340 g/mol. The van der Waals surface area contributed by atoms with Crippen molar-refractivity contribution in [2.45, 2.75) is 39.8 Å². The molecule has 4 rings (SSSR count). The van der Waals surface area contributed by atoms with Gasteiger partial charge in [0.15, 0.2) is 5.43 Å². The number of aryl methyl sites for hydroxylation is 3. The number of hydrogen-bond donors (Lipinski definition) is 3. The fourth-order valence-corrected chi connectivity index (χ4v) is 4.16. The maximum atomic E-state index is 12.6. The van der Waals surface area contributed by atoms with E-state index in [-0.39, 0.29) is 17.5 Å². The van der Waals surface area contributed by atoms with Gasteiger partial charge >= 0.3 is 0 Å². The van der Waals surface area contributed by atoms with Gasteiger partial charge in [0.1, 0.15) is 0 Å². The smallest absolute Gasteiger partial charge is 0.189 e. The molecule has 2 atom stereocenters. The third-order valence-corrected chi connectivity index (χ3v) is 5.57. The highest BCUT2D eigenvalue weighted by molar-refractivity contribution is 5.84. The normalized spacial score (nSPS) is 20.6. The highest BCUT2D eigenvalue weighted by Crippen LogP contribution is 2.23. The molecule has 0 amide bonds. The van der Waals surface area contributed by atoms with E-state index in [1.54, 1.807) is 6.07 Å². The first-order valence-corrected chi connectivity index (χ1v) is 9.44. The third-order valence-electron chi connectivity index (χ3n) is 5.57. The Morgan fingerprint density at radius 1 is 1.19 bits per heavy atom. The second-order valence-electron chi connectivity index (χ2n) is 7.88. The summed E-state index contributed by atoms with van der Waals surface area (Å²) in [5.74, 6) is 0.156. The van der Waals surface area contributed by atoms with Crippen LogP contribution in [0.1, 0.15) is 28.2 Å². The molecule has 3 aromatic rings. The third kappa shape index (κ3) is 3.55. The maximum absolute atomic E-state index is 12.6. The number of fused-ring (bicyclic) bond motifs is 1. The van der Waals surface area contributed by atoms with Crippen molar-refractivity contribution in [3.63, 3.8) is 0 Å². The maximum Gasteiger partial charge on any atom is 0.189 e. The van der Waals surface area contributed by atoms with E-state index in [0.29, 0.717) is 13.1 Å². The lowest BCUT2D eigenvalue weighted by atomic mass is 10.0. The van der Waals surface area contributed by atoms with Crippen LogP contribution in [0.3, 0.4) is 0 Å². The largest absolute Gasteiger partial charge is 0.391 e. The summed E-state index contributed by atoms with van der Waals surface area (Å²) in [6.45, 7) is 8.00. The van der Waals surface area contributed by atoms with E-state index in [9.17, 15) is 9.90 Å². The fraction of sp³-hybridized carbons (Fsp3) is 0.429. The summed E-state index contributed by atoms with van der Waals surface area (Å²) in [7, 11) is 0. The van der Waals surface area contributed by atoms with Gasteiger partial charge < -0.3 is 10.1 Å². The van der Waals surface area contributed by atoms with E-state index in [1.807, 2.05) is 39.0 Å². The summed E-state index contributed by atoms with van der Waals surface area (Å²) in [6.07, 6.45) is 0.382. The van der Waals surface area contributed by atoms with E-state index < -0.39 is 0 Å². The Bertz CT molecular complexity index is 1040. The molecule has 0 bridgehead atoms. The molecule has 0 unspecified atom stereocenters. The van der Waals surface area contributed by atoms with E-state index in [4.69, 9.17) is 0 Å². The zero-order chi connectivity index (χ0) is 19.1. The minimum atomic E-state index is -0.377. The summed E-state index contributed by atoms with van der Waals surface area (Å²) in [4.78, 5) is 18.3. The van der Waals surface area contributed by atoms with Gasteiger partial charge in [-0.05, 0) is 44.4 Å². The number of hydrogen-bond acceptors (Lipinski definition) is 4. The van der Waals surface area contributed by atoms with Crippen LogP contribution in [-0.2, 0) is 13.0 Å². The zero-order valence-electron chi connectivity index (χ0n) is 16.0. The lowest BCUT2D eigenvalue weighted by molar-refractivity contribution is 0.140. The second-order valence-corrected chi connectivity index (χ2v) is 7.88. The predicted molar refractivity (Wildman–Crippen MR) is 106 cm³/mol. The lowest BCUT2D eigenvalue weighted by Crippen LogP contribution is -2.23. The Balaban J connectivity index is 1.53. The number of rotatable bonds is 4. The van der Waals surface area contributed by atoms with Crippen molar-refractivity contribution in [1.82, 2.24) is 20.1 Å². The molecule has 142 valence electrons. The summed E-state index contributed by atoms with van der Waals surface area (Å²) in [5.41, 5.74) is 5.96. The lowest BCUT2D eigenvalue weighted by Gasteiger charge is -2.16. The number of likely N-dealkylation sites (tertiary alicyclic amines) is 1. The molecule has 27 heavy (non-hydrogen) atoms. The van der Waals surface area contributed by atoms with Crippen LogP contribution < -0.4 is 5.43 Å². The molecule has 6 nitrogen and oxygen atoms in total. The average Bonchev–Trinajstić information content (AvgIpc) is 3.16. The van der Waals surface area contributed by atoms with Gasteiger partial charge in [0.25, 0.3) is 0 Å². The van der Waals surface area contributed by atoms with Gasteiger partial charge in [-0.2, -0.15) is 5.10 Å². The van der Waals surface area contributed by atoms with E-state index in [0.717, 1.165) is 52.1 Å². The van der Waals surface area contributed by atoms with Gasteiger partial charge in [-0.25, -0.2) is 0 Å². The fourth-order valence-electron chi connectivity index (χ4n) is 4.16. The van der Waals surface area contributed by atoms with Crippen LogP contribution in [0.5, 0.6) is 0 Å². The second kappa shape index (κ2) is 6.94. The van der Waals surface area contributed by atoms with Crippen molar-refractivity contribution in [1.29, 1.82) is 0 Å². The van der Waals surface area contributed by atoms with Gasteiger partial charge in [0, 0.05) is 48.4 Å². The van der Waals surface area contributed by atoms with Crippen molar-refractivity contribution in [2.75, 3.05) is 13.1 Å². The molecule has 1 aromatic carbocycles. The summed E-state index contributed by atoms with van der Waals surface area (Å²) in [5, 5.41) is 18.5. The number of H-pyrrole nitrogens is 2. The van der Waals surface area contributed by atoms with Gasteiger partial charge in [-0.3, -0.25) is 14.8 Å². The predicted octanol–water partition coefficient (Wildman–Crippen LogP) is 2.21. The van der Waals surface area contributed by atoms with Gasteiger partial charge in [-0.1, -0.05) is 12.1 Å². The Morgan fingerprint density at radius 3 is 2.70 bits per heavy atom. The van der Waals surface area contributed by atoms with Crippen LogP contribution in [0, 0.1) is 26.7 Å². The molecule has 0 aliphatic carbocycles. The molecule has 0 spiro atoms. The molecule has 1 saturated heterocycles. The van der Waals surface area contributed by atoms with E-state index >= 15 is 0 Å². The molecular formula is C21H26N4O2. The monoisotopic (exact) mass is 366 g/mol. The first kappa shape index (κ1) is 17.9. The zero-order valence-corrected chi connectivity index (χ0v) is 16.0.